The molecule has 1 fully saturated rings. The molecule has 128 valence electrons. The highest BCUT2D eigenvalue weighted by Gasteiger charge is 2.34. The van der Waals surface area contributed by atoms with Gasteiger partial charge in [-0.15, -0.1) is 0 Å². The van der Waals surface area contributed by atoms with Gasteiger partial charge in [-0.05, 0) is 29.1 Å². The fourth-order valence-electron chi connectivity index (χ4n) is 2.25. The van der Waals surface area contributed by atoms with Gasteiger partial charge in [-0.3, -0.25) is 4.98 Å². The van der Waals surface area contributed by atoms with Crippen molar-refractivity contribution < 1.29 is 22.6 Å². The number of pyridine rings is 1. The van der Waals surface area contributed by atoms with E-state index >= 15 is 0 Å². The number of alkyl halides is 3. The number of aromatic nitrogens is 1. The number of nitrogens with zero attached hydrogens (tertiary/aromatic N) is 3. The molecule has 6 nitrogen and oxygen atoms in total. The Morgan fingerprint density at radius 1 is 1.52 bits per heavy atom. The van der Waals surface area contributed by atoms with Crippen LogP contribution in [0.2, 0.25) is 0 Å². The zero-order valence-corrected chi connectivity index (χ0v) is 13.1. The smallest absolute Gasteiger partial charge is 0.408 e. The van der Waals surface area contributed by atoms with Crippen LogP contribution in [0, 0.1) is 5.92 Å². The highest BCUT2D eigenvalue weighted by Crippen LogP contribution is 2.41. The van der Waals surface area contributed by atoms with Crippen LogP contribution in [0.5, 0.6) is 0 Å². The Morgan fingerprint density at radius 3 is 2.61 bits per heavy atom. The van der Waals surface area contributed by atoms with E-state index in [0.29, 0.717) is 17.9 Å². The van der Waals surface area contributed by atoms with Crippen LogP contribution < -0.4 is 5.73 Å². The third kappa shape index (κ3) is 4.57. The van der Waals surface area contributed by atoms with Crippen LogP contribution in [-0.2, 0) is 15.9 Å². The molecule has 0 aromatic carbocycles. The molecule has 1 aliphatic carbocycles. The third-order valence-electron chi connectivity index (χ3n) is 3.60. The molecule has 2 rings (SSSR count). The summed E-state index contributed by atoms with van der Waals surface area (Å²) in [7, 11) is -2.95. The summed E-state index contributed by atoms with van der Waals surface area (Å²) in [4.78, 5) is 3.41. The number of hydrogen-bond donors (Lipinski definition) is 2. The van der Waals surface area contributed by atoms with Gasteiger partial charge >= 0.3 is 6.18 Å². The molecule has 1 saturated carbocycles. The Bertz CT molecular complexity index is 705. The maximum Gasteiger partial charge on any atom is 0.433 e. The average molecular weight is 350 g/mol. The van der Waals surface area contributed by atoms with Crippen LogP contribution >= 0.6 is 0 Å². The van der Waals surface area contributed by atoms with Gasteiger partial charge in [-0.25, -0.2) is 4.21 Å². The lowest BCUT2D eigenvalue weighted by atomic mass is 10.1. The fraction of sp³-hybridized carbons (Fsp3) is 0.538. The van der Waals surface area contributed by atoms with E-state index in [1.54, 1.807) is 0 Å². The lowest BCUT2D eigenvalue weighted by Gasteiger charge is -2.19. The van der Waals surface area contributed by atoms with Crippen molar-refractivity contribution in [3.8, 4) is 0 Å². The molecule has 0 spiro atoms. The maximum atomic E-state index is 12.8. The second-order valence-electron chi connectivity index (χ2n) is 5.55. The van der Waals surface area contributed by atoms with E-state index in [0.717, 1.165) is 25.1 Å². The highest BCUT2D eigenvalue weighted by atomic mass is 32.2. The number of rotatable bonds is 4. The number of halogens is 3. The molecule has 2 unspecified atom stereocenters. The lowest BCUT2D eigenvalue weighted by Crippen LogP contribution is -2.18. The number of hydrogen-bond acceptors (Lipinski definition) is 4. The lowest BCUT2D eigenvalue weighted by molar-refractivity contribution is -0.141. The zero-order chi connectivity index (χ0) is 17.3. The van der Waals surface area contributed by atoms with Crippen molar-refractivity contribution in [1.82, 2.24) is 4.98 Å². The van der Waals surface area contributed by atoms with Gasteiger partial charge in [-0.1, -0.05) is 18.9 Å². The first kappa shape index (κ1) is 17.5. The van der Waals surface area contributed by atoms with Gasteiger partial charge in [0, 0.05) is 12.5 Å². The summed E-state index contributed by atoms with van der Waals surface area (Å²) in [5.74, 6) is -0.177. The Morgan fingerprint density at radius 2 is 2.17 bits per heavy atom. The van der Waals surface area contributed by atoms with Crippen LogP contribution in [0.15, 0.2) is 27.8 Å². The number of oxime groups is 1. The summed E-state index contributed by atoms with van der Waals surface area (Å²) < 4.78 is 54.3. The van der Waals surface area contributed by atoms with E-state index in [9.17, 15) is 17.4 Å². The molecular weight excluding hydrogens is 333 g/mol. The Labute approximate surface area is 131 Å². The van der Waals surface area contributed by atoms with Crippen molar-refractivity contribution in [3.63, 3.8) is 0 Å². The standard InChI is InChI=1S/C13H17F3N4O2S/c1-23(22,20-12(17)19-21)10(6-8-2-3-8)9-4-5-11(18-7-9)13(14,15)16/h4-5,7-8,10,21H,2-3,6H2,1H3,(H2,17,19). The molecule has 0 radical (unpaired) electrons. The summed E-state index contributed by atoms with van der Waals surface area (Å²) in [6.45, 7) is 0. The second kappa shape index (κ2) is 6.34. The van der Waals surface area contributed by atoms with Crippen LogP contribution in [0.1, 0.15) is 35.8 Å². The zero-order valence-electron chi connectivity index (χ0n) is 12.3. The number of nitrogens with two attached hydrogens (primary N) is 1. The molecule has 1 aromatic rings. The largest absolute Gasteiger partial charge is 0.433 e. The van der Waals surface area contributed by atoms with Crippen molar-refractivity contribution in [1.29, 1.82) is 0 Å². The van der Waals surface area contributed by atoms with E-state index in [4.69, 9.17) is 10.9 Å². The van der Waals surface area contributed by atoms with Crippen molar-refractivity contribution >= 4 is 15.7 Å². The first-order valence-electron chi connectivity index (χ1n) is 6.85. The summed E-state index contributed by atoms with van der Waals surface area (Å²) in [5, 5.41) is 10.6. The summed E-state index contributed by atoms with van der Waals surface area (Å²) in [6.07, 6.45) is 0.338. The summed E-state index contributed by atoms with van der Waals surface area (Å²) >= 11 is 0. The molecule has 0 bridgehead atoms. The molecule has 3 N–H and O–H groups in total. The van der Waals surface area contributed by atoms with Gasteiger partial charge in [0.25, 0.3) is 5.96 Å². The third-order valence-corrected chi connectivity index (χ3v) is 5.67. The molecule has 23 heavy (non-hydrogen) atoms. The SMILES string of the molecule is CS(=O)(=N/C(N)=N\O)C(CC1CC1)c1ccc(C(F)(F)F)nc1. The second-order valence-corrected chi connectivity index (χ2v) is 8.03. The normalized spacial score (nSPS) is 19.9. The Kier molecular flexibility index (Phi) is 4.83. The van der Waals surface area contributed by atoms with Gasteiger partial charge < -0.3 is 10.9 Å². The topological polar surface area (TPSA) is 101 Å². The van der Waals surface area contributed by atoms with Gasteiger partial charge in [0.1, 0.15) is 5.69 Å². The Hall–Kier alpha value is -1.84. The minimum Gasteiger partial charge on any atom is -0.408 e. The minimum atomic E-state index is -4.53. The van der Waals surface area contributed by atoms with E-state index in [1.165, 1.54) is 12.3 Å². The van der Waals surface area contributed by atoms with E-state index in [-0.39, 0.29) is 0 Å². The molecule has 1 heterocycles. The first-order valence-corrected chi connectivity index (χ1v) is 8.84. The quantitative estimate of drug-likeness (QED) is 0.377. The predicted molar refractivity (Wildman–Crippen MR) is 79.2 cm³/mol. The van der Waals surface area contributed by atoms with Gasteiger partial charge in [0.2, 0.25) is 0 Å². The molecular formula is C13H17F3N4O2S. The van der Waals surface area contributed by atoms with Crippen molar-refractivity contribution in [2.75, 3.05) is 6.26 Å². The highest BCUT2D eigenvalue weighted by molar-refractivity contribution is 7.93. The van der Waals surface area contributed by atoms with Crippen molar-refractivity contribution in [2.45, 2.75) is 30.7 Å². The molecule has 1 aromatic heterocycles. The molecule has 0 amide bonds. The predicted octanol–water partition coefficient (Wildman–Crippen LogP) is 2.74. The van der Waals surface area contributed by atoms with Crippen LogP contribution in [0.3, 0.4) is 0 Å². The average Bonchev–Trinajstić information content (AvgIpc) is 3.27. The van der Waals surface area contributed by atoms with Crippen LogP contribution in [0.4, 0.5) is 13.2 Å². The minimum absolute atomic E-state index is 0.352. The van der Waals surface area contributed by atoms with Crippen molar-refractivity contribution in [2.24, 2.45) is 21.2 Å². The summed E-state index contributed by atoms with van der Waals surface area (Å²) in [6, 6.07) is 2.11. The molecule has 0 aliphatic heterocycles. The van der Waals surface area contributed by atoms with Crippen LogP contribution in [0.25, 0.3) is 0 Å². The number of guanidine groups is 1. The molecule has 0 saturated heterocycles. The molecule has 2 atom stereocenters. The van der Waals surface area contributed by atoms with Crippen LogP contribution in [-0.4, -0.2) is 26.6 Å². The van der Waals surface area contributed by atoms with Gasteiger partial charge in [0.05, 0.1) is 15.0 Å². The fourth-order valence-corrected chi connectivity index (χ4v) is 4.06. The molecule has 1 aliphatic rings. The molecule has 10 heteroatoms. The maximum absolute atomic E-state index is 12.8. The van der Waals surface area contributed by atoms with E-state index in [2.05, 4.69) is 14.5 Å². The van der Waals surface area contributed by atoms with E-state index < -0.39 is 32.8 Å². The van der Waals surface area contributed by atoms with E-state index in [1.807, 2.05) is 0 Å². The monoisotopic (exact) mass is 350 g/mol. The van der Waals surface area contributed by atoms with Gasteiger partial charge in [0.15, 0.2) is 0 Å². The summed E-state index contributed by atoms with van der Waals surface area (Å²) in [5.41, 5.74) is 4.68. The first-order chi connectivity index (χ1) is 10.6. The van der Waals surface area contributed by atoms with Gasteiger partial charge in [-0.2, -0.15) is 17.5 Å². The van der Waals surface area contributed by atoms with Crippen molar-refractivity contribution in [3.05, 3.63) is 29.6 Å². The Balaban J connectivity index is 2.39.